The van der Waals surface area contributed by atoms with Crippen LogP contribution in [0.5, 0.6) is 11.5 Å². The van der Waals surface area contributed by atoms with Gasteiger partial charge in [-0.05, 0) is 72.6 Å². The van der Waals surface area contributed by atoms with E-state index in [1.807, 2.05) is 26.0 Å². The van der Waals surface area contributed by atoms with Crippen LogP contribution in [0.2, 0.25) is 0 Å². The molecule has 3 amide bonds. The van der Waals surface area contributed by atoms with Crippen LogP contribution in [0.1, 0.15) is 16.7 Å². The van der Waals surface area contributed by atoms with Gasteiger partial charge in [-0.15, -0.1) is 0 Å². The van der Waals surface area contributed by atoms with Gasteiger partial charge in [0.05, 0.1) is 12.0 Å². The summed E-state index contributed by atoms with van der Waals surface area (Å²) in [6.45, 7) is 2.95. The number of nitrogens with one attached hydrogen (secondary N) is 1. The van der Waals surface area contributed by atoms with Gasteiger partial charge in [0.1, 0.15) is 6.54 Å². The maximum atomic E-state index is 12.7. The molecule has 2 aromatic rings. The molecule has 3 rings (SSSR count). The molecule has 10 heteroatoms. The van der Waals surface area contributed by atoms with Crippen LogP contribution >= 0.6 is 11.8 Å². The minimum atomic E-state index is -1.13. The summed E-state index contributed by atoms with van der Waals surface area (Å²) < 4.78 is 10.4. The first-order valence-electron chi connectivity index (χ1n) is 9.83. The molecule has 0 aromatic heterocycles. The van der Waals surface area contributed by atoms with E-state index in [4.69, 9.17) is 14.6 Å². The van der Waals surface area contributed by atoms with Crippen molar-refractivity contribution in [3.05, 3.63) is 58.0 Å². The number of thioether (sulfide) groups is 1. The largest absolute Gasteiger partial charge is 0.493 e. The lowest BCUT2D eigenvalue weighted by Crippen LogP contribution is -2.36. The SMILES string of the molecule is COc1cc(/C=C2/SC(=O)N(CC(=O)Nc3ccc(C)c(C)c3)C2=O)ccc1OCC(=O)O. The molecule has 0 spiro atoms. The Morgan fingerprint density at radius 2 is 1.85 bits per heavy atom. The Balaban J connectivity index is 1.70. The normalized spacial score (nSPS) is 14.5. The van der Waals surface area contributed by atoms with Crippen LogP contribution in [0.15, 0.2) is 41.3 Å². The number of methoxy groups -OCH3 is 1. The molecule has 0 bridgehead atoms. The number of aliphatic carboxylic acids is 1. The molecule has 1 aliphatic heterocycles. The number of anilines is 1. The smallest absolute Gasteiger partial charge is 0.341 e. The van der Waals surface area contributed by atoms with Crippen LogP contribution in [-0.4, -0.2) is 53.3 Å². The van der Waals surface area contributed by atoms with Crippen molar-refractivity contribution in [3.8, 4) is 11.5 Å². The highest BCUT2D eigenvalue weighted by atomic mass is 32.2. The average molecular weight is 471 g/mol. The highest BCUT2D eigenvalue weighted by Crippen LogP contribution is 2.34. The minimum absolute atomic E-state index is 0.153. The van der Waals surface area contributed by atoms with Gasteiger partial charge in [-0.25, -0.2) is 4.79 Å². The molecule has 1 heterocycles. The summed E-state index contributed by atoms with van der Waals surface area (Å²) in [4.78, 5) is 49.2. The number of hydrogen-bond acceptors (Lipinski definition) is 7. The number of carbonyl (C=O) groups excluding carboxylic acids is 3. The summed E-state index contributed by atoms with van der Waals surface area (Å²) in [5.41, 5.74) is 3.22. The summed E-state index contributed by atoms with van der Waals surface area (Å²) in [6, 6.07) is 10.1. The van der Waals surface area contributed by atoms with Crippen LogP contribution in [0.4, 0.5) is 10.5 Å². The van der Waals surface area contributed by atoms with Gasteiger partial charge in [-0.2, -0.15) is 0 Å². The standard InChI is InChI=1S/C23H22N2O7S/c1-13-4-6-16(8-14(13)2)24-20(26)11-25-22(29)19(33-23(25)30)10-15-5-7-17(18(9-15)31-3)32-12-21(27)28/h4-10H,11-12H2,1-3H3,(H,24,26)(H,27,28)/b19-10+. The van der Waals surface area contributed by atoms with Crippen molar-refractivity contribution in [2.45, 2.75) is 13.8 Å². The minimum Gasteiger partial charge on any atom is -0.493 e. The predicted molar refractivity (Wildman–Crippen MR) is 123 cm³/mol. The molecular weight excluding hydrogens is 448 g/mol. The number of rotatable bonds is 8. The number of carboxylic acids is 1. The second-order valence-electron chi connectivity index (χ2n) is 7.21. The molecule has 1 aliphatic rings. The van der Waals surface area contributed by atoms with E-state index in [0.29, 0.717) is 11.3 Å². The Morgan fingerprint density at radius 3 is 2.52 bits per heavy atom. The van der Waals surface area contributed by atoms with E-state index in [1.54, 1.807) is 18.2 Å². The number of imide groups is 1. The van der Waals surface area contributed by atoms with Gasteiger partial charge in [-0.3, -0.25) is 19.3 Å². The van der Waals surface area contributed by atoms with E-state index in [0.717, 1.165) is 27.8 Å². The number of benzene rings is 2. The van der Waals surface area contributed by atoms with E-state index in [2.05, 4.69) is 5.32 Å². The van der Waals surface area contributed by atoms with Gasteiger partial charge < -0.3 is 19.9 Å². The molecule has 33 heavy (non-hydrogen) atoms. The third-order valence-corrected chi connectivity index (χ3v) is 5.71. The van der Waals surface area contributed by atoms with Gasteiger partial charge in [0.15, 0.2) is 18.1 Å². The maximum absolute atomic E-state index is 12.7. The molecule has 0 unspecified atom stereocenters. The quantitative estimate of drug-likeness (QED) is 0.563. The number of carbonyl (C=O) groups is 4. The van der Waals surface area contributed by atoms with E-state index < -0.39 is 36.2 Å². The summed E-state index contributed by atoms with van der Waals surface area (Å²) >= 11 is 0.730. The number of amides is 3. The highest BCUT2D eigenvalue weighted by Gasteiger charge is 2.36. The Bertz CT molecular complexity index is 1160. The highest BCUT2D eigenvalue weighted by molar-refractivity contribution is 8.18. The van der Waals surface area contributed by atoms with Crippen molar-refractivity contribution in [2.75, 3.05) is 25.6 Å². The first-order chi connectivity index (χ1) is 15.7. The molecule has 172 valence electrons. The Hall–Kier alpha value is -3.79. The number of carboxylic acid groups (broad SMARTS) is 1. The molecule has 1 saturated heterocycles. The first kappa shape index (κ1) is 23.9. The fourth-order valence-electron chi connectivity index (χ4n) is 2.98. The van der Waals surface area contributed by atoms with Crippen LogP contribution in [0.25, 0.3) is 6.08 Å². The Morgan fingerprint density at radius 1 is 1.09 bits per heavy atom. The lowest BCUT2D eigenvalue weighted by atomic mass is 10.1. The van der Waals surface area contributed by atoms with Crippen LogP contribution in [-0.2, 0) is 14.4 Å². The van der Waals surface area contributed by atoms with Crippen molar-refractivity contribution in [2.24, 2.45) is 0 Å². The van der Waals surface area contributed by atoms with Crippen LogP contribution in [0.3, 0.4) is 0 Å². The van der Waals surface area contributed by atoms with E-state index in [9.17, 15) is 19.2 Å². The van der Waals surface area contributed by atoms with Crippen LogP contribution < -0.4 is 14.8 Å². The monoisotopic (exact) mass is 470 g/mol. The van der Waals surface area contributed by atoms with Crippen LogP contribution in [0, 0.1) is 13.8 Å². The maximum Gasteiger partial charge on any atom is 0.341 e. The predicted octanol–water partition coefficient (Wildman–Crippen LogP) is 3.45. The molecule has 2 N–H and O–H groups in total. The van der Waals surface area contributed by atoms with Crippen molar-refractivity contribution in [1.29, 1.82) is 0 Å². The molecule has 0 radical (unpaired) electrons. The fraction of sp³-hybridized carbons (Fsp3) is 0.217. The average Bonchev–Trinajstić information content (AvgIpc) is 3.02. The van der Waals surface area contributed by atoms with E-state index in [1.165, 1.54) is 19.3 Å². The number of aryl methyl sites for hydroxylation is 2. The zero-order chi connectivity index (χ0) is 24.1. The number of hydrogen-bond donors (Lipinski definition) is 2. The Kier molecular flexibility index (Phi) is 7.39. The second kappa shape index (κ2) is 10.2. The summed E-state index contributed by atoms with van der Waals surface area (Å²) in [7, 11) is 1.40. The third-order valence-electron chi connectivity index (χ3n) is 4.80. The summed E-state index contributed by atoms with van der Waals surface area (Å²) in [5, 5.41) is 10.9. The van der Waals surface area contributed by atoms with Crippen molar-refractivity contribution in [1.82, 2.24) is 4.90 Å². The second-order valence-corrected chi connectivity index (χ2v) is 8.20. The van der Waals surface area contributed by atoms with Gasteiger partial charge in [0.25, 0.3) is 11.1 Å². The van der Waals surface area contributed by atoms with E-state index >= 15 is 0 Å². The number of nitrogens with zero attached hydrogens (tertiary/aromatic N) is 1. The zero-order valence-electron chi connectivity index (χ0n) is 18.2. The van der Waals surface area contributed by atoms with E-state index in [-0.39, 0.29) is 16.4 Å². The lowest BCUT2D eigenvalue weighted by Gasteiger charge is -2.13. The third kappa shape index (κ3) is 5.92. The van der Waals surface area contributed by atoms with Gasteiger partial charge in [0, 0.05) is 5.69 Å². The van der Waals surface area contributed by atoms with Gasteiger partial charge in [-0.1, -0.05) is 12.1 Å². The molecule has 0 saturated carbocycles. The molecule has 2 aromatic carbocycles. The van der Waals surface area contributed by atoms with Gasteiger partial charge in [0.2, 0.25) is 5.91 Å². The van der Waals surface area contributed by atoms with Crippen molar-refractivity contribution >= 4 is 46.5 Å². The summed E-state index contributed by atoms with van der Waals surface area (Å²) in [5.74, 6) is -1.68. The lowest BCUT2D eigenvalue weighted by molar-refractivity contribution is -0.139. The summed E-state index contributed by atoms with van der Waals surface area (Å²) in [6.07, 6.45) is 1.50. The number of ether oxygens (including phenoxy) is 2. The van der Waals surface area contributed by atoms with Crippen molar-refractivity contribution in [3.63, 3.8) is 0 Å². The molecular formula is C23H22N2O7S. The topological polar surface area (TPSA) is 122 Å². The van der Waals surface area contributed by atoms with Gasteiger partial charge >= 0.3 is 5.97 Å². The molecule has 1 fully saturated rings. The molecule has 0 atom stereocenters. The van der Waals surface area contributed by atoms with Crippen molar-refractivity contribution < 1.29 is 33.8 Å². The zero-order valence-corrected chi connectivity index (χ0v) is 19.0. The molecule has 0 aliphatic carbocycles. The fourth-order valence-corrected chi connectivity index (χ4v) is 3.82. The Labute approximate surface area is 194 Å². The molecule has 9 nitrogen and oxygen atoms in total. The first-order valence-corrected chi connectivity index (χ1v) is 10.6.